The number of fused-ring (bicyclic) bond motifs is 3. The van der Waals surface area contributed by atoms with E-state index in [-0.39, 0.29) is 11.3 Å². The third kappa shape index (κ3) is 4.70. The first-order chi connectivity index (χ1) is 18.4. The number of aromatic nitrogens is 4. The Kier molecular flexibility index (Phi) is 6.24. The van der Waals surface area contributed by atoms with Crippen LogP contribution in [-0.2, 0) is 12.0 Å². The van der Waals surface area contributed by atoms with Crippen molar-refractivity contribution in [3.05, 3.63) is 109 Å². The van der Waals surface area contributed by atoms with Crippen molar-refractivity contribution in [2.45, 2.75) is 45.6 Å². The van der Waals surface area contributed by atoms with Crippen LogP contribution in [0.4, 0.5) is 0 Å². The second-order valence-electron chi connectivity index (χ2n) is 11.0. The minimum absolute atomic E-state index is 0.0773. The highest BCUT2D eigenvalue weighted by molar-refractivity contribution is 7.25. The first-order valence-corrected chi connectivity index (χ1v) is 13.9. The molecule has 6 aromatic rings. The summed E-state index contributed by atoms with van der Waals surface area (Å²) in [7, 11) is 0. The molecule has 0 saturated carbocycles. The summed E-state index contributed by atoms with van der Waals surface area (Å²) >= 11 is 1.84. The van der Waals surface area contributed by atoms with Gasteiger partial charge in [0.2, 0.25) is 0 Å². The normalized spacial score (nSPS) is 12.7. The molecule has 1 atom stereocenters. The summed E-state index contributed by atoms with van der Waals surface area (Å²) in [6.07, 6.45) is 8.33. The van der Waals surface area contributed by atoms with Gasteiger partial charge in [0.25, 0.3) is 0 Å². The van der Waals surface area contributed by atoms with Gasteiger partial charge in [-0.1, -0.05) is 88.4 Å². The van der Waals surface area contributed by atoms with Gasteiger partial charge in [-0.2, -0.15) is 0 Å². The van der Waals surface area contributed by atoms with Crippen molar-refractivity contribution in [3.8, 4) is 22.6 Å². The van der Waals surface area contributed by atoms with Gasteiger partial charge in [-0.15, -0.1) is 11.3 Å². The zero-order valence-corrected chi connectivity index (χ0v) is 23.0. The molecule has 1 unspecified atom stereocenters. The molecule has 0 amide bonds. The third-order valence-electron chi connectivity index (χ3n) is 7.02. The van der Waals surface area contributed by atoms with E-state index in [4.69, 9.17) is 4.98 Å². The van der Waals surface area contributed by atoms with Crippen LogP contribution in [-0.4, -0.2) is 15.0 Å². The molecule has 188 valence electrons. The lowest BCUT2D eigenvalue weighted by Gasteiger charge is -2.18. The standard InChI is InChI=1S/C33H31N4S/c1-22(24-17-34-32(35-18-24)23-11-6-5-7-12-23)19-37-20-27(36-30(21-37)33(2,3)4)25-14-10-16-29-31(25)26-13-8-9-15-28(26)38-29/h5-18,20-22H,19H2,1-4H3/q+1. The molecule has 5 heteroatoms. The van der Waals surface area contributed by atoms with Crippen molar-refractivity contribution in [1.29, 1.82) is 0 Å². The van der Waals surface area contributed by atoms with Crippen molar-refractivity contribution in [2.24, 2.45) is 0 Å². The van der Waals surface area contributed by atoms with Crippen LogP contribution in [0.15, 0.2) is 97.6 Å². The van der Waals surface area contributed by atoms with E-state index in [1.807, 2.05) is 54.1 Å². The highest BCUT2D eigenvalue weighted by atomic mass is 32.1. The molecule has 0 radical (unpaired) electrons. The van der Waals surface area contributed by atoms with Crippen LogP contribution in [0.25, 0.3) is 42.8 Å². The zero-order valence-electron chi connectivity index (χ0n) is 22.2. The first-order valence-electron chi connectivity index (χ1n) is 13.1. The van der Waals surface area contributed by atoms with Gasteiger partial charge < -0.3 is 0 Å². The van der Waals surface area contributed by atoms with E-state index in [0.29, 0.717) is 0 Å². The zero-order chi connectivity index (χ0) is 26.3. The SMILES string of the molecule is CC(C[n+]1cc(-c2cccc3sc4ccccc4c23)nc(C(C)(C)C)c1)c1cnc(-c2ccccc2)nc1. The predicted octanol–water partition coefficient (Wildman–Crippen LogP) is 7.96. The van der Waals surface area contributed by atoms with Crippen LogP contribution in [0.2, 0.25) is 0 Å². The molecule has 0 bridgehead atoms. The Labute approximate surface area is 227 Å². The molecule has 0 aliphatic heterocycles. The fourth-order valence-corrected chi connectivity index (χ4v) is 6.01. The molecule has 0 N–H and O–H groups in total. The summed E-state index contributed by atoms with van der Waals surface area (Å²) < 4.78 is 4.90. The average Bonchev–Trinajstić information content (AvgIpc) is 3.32. The fourth-order valence-electron chi connectivity index (χ4n) is 4.87. The topological polar surface area (TPSA) is 42.5 Å². The summed E-state index contributed by atoms with van der Waals surface area (Å²) in [5.41, 5.74) is 5.35. The minimum atomic E-state index is -0.0773. The van der Waals surface area contributed by atoms with Crippen molar-refractivity contribution in [3.63, 3.8) is 0 Å². The van der Waals surface area contributed by atoms with Crippen molar-refractivity contribution < 1.29 is 4.57 Å². The minimum Gasteiger partial charge on any atom is -0.240 e. The van der Waals surface area contributed by atoms with Gasteiger partial charge in [0, 0.05) is 55.0 Å². The lowest BCUT2D eigenvalue weighted by molar-refractivity contribution is -0.699. The van der Waals surface area contributed by atoms with E-state index in [9.17, 15) is 0 Å². The van der Waals surface area contributed by atoms with Crippen LogP contribution in [0.1, 0.15) is 44.9 Å². The maximum atomic E-state index is 5.20. The van der Waals surface area contributed by atoms with Gasteiger partial charge in [0.1, 0.15) is 11.4 Å². The Bertz CT molecular complexity index is 1730. The van der Waals surface area contributed by atoms with E-state index in [1.165, 1.54) is 25.7 Å². The Morgan fingerprint density at radius 2 is 1.53 bits per heavy atom. The molecule has 0 spiro atoms. The monoisotopic (exact) mass is 515 g/mol. The molecule has 0 aliphatic carbocycles. The van der Waals surface area contributed by atoms with Crippen molar-refractivity contribution >= 4 is 31.5 Å². The fraction of sp³-hybridized carbons (Fsp3) is 0.212. The lowest BCUT2D eigenvalue weighted by Crippen LogP contribution is -2.38. The molecular weight excluding hydrogens is 484 g/mol. The van der Waals surface area contributed by atoms with E-state index in [2.05, 4.69) is 97.1 Å². The quantitative estimate of drug-likeness (QED) is 0.219. The summed E-state index contributed by atoms with van der Waals surface area (Å²) in [6.45, 7) is 9.72. The smallest absolute Gasteiger partial charge is 0.195 e. The number of nitrogens with zero attached hydrogens (tertiary/aromatic N) is 4. The van der Waals surface area contributed by atoms with Gasteiger partial charge in [-0.05, 0) is 17.7 Å². The Hall–Kier alpha value is -3.96. The second-order valence-corrected chi connectivity index (χ2v) is 12.1. The molecule has 3 aromatic heterocycles. The van der Waals surface area contributed by atoms with E-state index < -0.39 is 0 Å². The maximum Gasteiger partial charge on any atom is 0.195 e. The number of hydrogen-bond donors (Lipinski definition) is 0. The van der Waals surface area contributed by atoms with Crippen LogP contribution in [0.5, 0.6) is 0 Å². The summed E-state index contributed by atoms with van der Waals surface area (Å²) in [4.78, 5) is 14.5. The number of hydrogen-bond acceptors (Lipinski definition) is 4. The van der Waals surface area contributed by atoms with Crippen LogP contribution < -0.4 is 4.57 Å². The predicted molar refractivity (Wildman–Crippen MR) is 157 cm³/mol. The second kappa shape index (κ2) is 9.73. The van der Waals surface area contributed by atoms with Crippen LogP contribution >= 0.6 is 11.3 Å². The Morgan fingerprint density at radius 1 is 0.816 bits per heavy atom. The summed E-state index contributed by atoms with van der Waals surface area (Å²) in [6, 6.07) is 25.3. The number of thiophene rings is 1. The van der Waals surface area contributed by atoms with Gasteiger partial charge in [-0.3, -0.25) is 0 Å². The van der Waals surface area contributed by atoms with E-state index >= 15 is 0 Å². The van der Waals surface area contributed by atoms with Crippen LogP contribution in [0, 0.1) is 0 Å². The maximum absolute atomic E-state index is 5.20. The van der Waals surface area contributed by atoms with Crippen molar-refractivity contribution in [1.82, 2.24) is 15.0 Å². The molecule has 6 rings (SSSR count). The molecule has 0 saturated heterocycles. The largest absolute Gasteiger partial charge is 0.240 e. The summed E-state index contributed by atoms with van der Waals surface area (Å²) in [5, 5.41) is 2.58. The highest BCUT2D eigenvalue weighted by Crippen LogP contribution is 2.39. The van der Waals surface area contributed by atoms with E-state index in [0.717, 1.165) is 34.9 Å². The number of benzene rings is 3. The molecule has 3 heterocycles. The summed E-state index contributed by atoms with van der Waals surface area (Å²) in [5.74, 6) is 0.997. The third-order valence-corrected chi connectivity index (χ3v) is 8.16. The van der Waals surface area contributed by atoms with Gasteiger partial charge >= 0.3 is 0 Å². The Balaban J connectivity index is 1.39. The first kappa shape index (κ1) is 24.4. The molecule has 38 heavy (non-hydrogen) atoms. The molecular formula is C33H31N4S+. The average molecular weight is 516 g/mol. The van der Waals surface area contributed by atoms with Gasteiger partial charge in [0.15, 0.2) is 24.8 Å². The van der Waals surface area contributed by atoms with Crippen molar-refractivity contribution in [2.75, 3.05) is 0 Å². The van der Waals surface area contributed by atoms with Crippen LogP contribution in [0.3, 0.4) is 0 Å². The van der Waals surface area contributed by atoms with Gasteiger partial charge in [-0.25, -0.2) is 19.5 Å². The van der Waals surface area contributed by atoms with E-state index in [1.54, 1.807) is 0 Å². The molecule has 3 aromatic carbocycles. The molecule has 4 nitrogen and oxygen atoms in total. The molecule has 0 aliphatic rings. The Morgan fingerprint density at radius 3 is 2.29 bits per heavy atom. The number of rotatable bonds is 5. The molecule has 0 fully saturated rings. The highest BCUT2D eigenvalue weighted by Gasteiger charge is 2.24. The lowest BCUT2D eigenvalue weighted by atomic mass is 9.92. The van der Waals surface area contributed by atoms with Gasteiger partial charge in [0.05, 0.1) is 0 Å².